The van der Waals surface area contributed by atoms with E-state index >= 15 is 0 Å². The van der Waals surface area contributed by atoms with Crippen LogP contribution in [0, 0.1) is 6.92 Å². The highest BCUT2D eigenvalue weighted by atomic mass is 79.9. The van der Waals surface area contributed by atoms with Gasteiger partial charge in [-0.05, 0) is 46.6 Å². The van der Waals surface area contributed by atoms with Crippen molar-refractivity contribution in [1.29, 1.82) is 0 Å². The van der Waals surface area contributed by atoms with Crippen LogP contribution in [-0.4, -0.2) is 9.38 Å². The first-order chi connectivity index (χ1) is 7.77. The zero-order valence-corrected chi connectivity index (χ0v) is 10.2. The second kappa shape index (κ2) is 3.49. The van der Waals surface area contributed by atoms with Gasteiger partial charge in [0, 0.05) is 6.20 Å². The summed E-state index contributed by atoms with van der Waals surface area (Å²) in [5.41, 5.74) is 2.26. The van der Waals surface area contributed by atoms with Crippen LogP contribution in [0.3, 0.4) is 0 Å². The monoisotopic (exact) mass is 276 g/mol. The molecule has 3 nitrogen and oxygen atoms in total. The summed E-state index contributed by atoms with van der Waals surface area (Å²) in [5.74, 6) is 1.59. The zero-order valence-electron chi connectivity index (χ0n) is 8.64. The van der Waals surface area contributed by atoms with Gasteiger partial charge < -0.3 is 4.42 Å². The van der Waals surface area contributed by atoms with Crippen molar-refractivity contribution in [1.82, 2.24) is 9.38 Å². The van der Waals surface area contributed by atoms with Crippen LogP contribution in [0.1, 0.15) is 5.56 Å². The molecule has 0 saturated carbocycles. The molecule has 16 heavy (non-hydrogen) atoms. The van der Waals surface area contributed by atoms with Gasteiger partial charge in [-0.25, -0.2) is 4.98 Å². The highest BCUT2D eigenvalue weighted by Crippen LogP contribution is 2.27. The summed E-state index contributed by atoms with van der Waals surface area (Å²) in [5, 5.41) is 0. The molecule has 0 aromatic carbocycles. The van der Waals surface area contributed by atoms with E-state index in [4.69, 9.17) is 4.42 Å². The Kier molecular flexibility index (Phi) is 2.11. The number of imidazole rings is 1. The SMILES string of the molecule is Cc1cccn2c(-c3ccco3)nc(Br)c12. The van der Waals surface area contributed by atoms with Crippen molar-refractivity contribution >= 4 is 21.4 Å². The van der Waals surface area contributed by atoms with Gasteiger partial charge >= 0.3 is 0 Å². The van der Waals surface area contributed by atoms with Gasteiger partial charge in [-0.1, -0.05) is 6.07 Å². The summed E-state index contributed by atoms with van der Waals surface area (Å²) in [6, 6.07) is 7.83. The molecule has 0 aliphatic heterocycles. The van der Waals surface area contributed by atoms with Crippen LogP contribution >= 0.6 is 15.9 Å². The minimum atomic E-state index is 0.770. The molecule has 4 heteroatoms. The molecule has 80 valence electrons. The molecule has 0 aliphatic rings. The zero-order chi connectivity index (χ0) is 11.1. The molecule has 0 radical (unpaired) electrons. The molecule has 0 bridgehead atoms. The second-order valence-electron chi connectivity index (χ2n) is 3.61. The summed E-state index contributed by atoms with van der Waals surface area (Å²) < 4.78 is 8.25. The van der Waals surface area contributed by atoms with Crippen molar-refractivity contribution in [2.24, 2.45) is 0 Å². The molecule has 3 rings (SSSR count). The van der Waals surface area contributed by atoms with Crippen LogP contribution in [0.15, 0.2) is 45.7 Å². The van der Waals surface area contributed by atoms with E-state index in [-0.39, 0.29) is 0 Å². The molecular weight excluding hydrogens is 268 g/mol. The summed E-state index contributed by atoms with van der Waals surface area (Å²) >= 11 is 3.48. The van der Waals surface area contributed by atoms with Gasteiger partial charge in [0.15, 0.2) is 11.6 Å². The molecule has 0 amide bonds. The van der Waals surface area contributed by atoms with Gasteiger partial charge in [-0.3, -0.25) is 4.40 Å². The molecule has 0 fully saturated rings. The normalized spacial score (nSPS) is 11.1. The first-order valence-corrected chi connectivity index (χ1v) is 5.74. The van der Waals surface area contributed by atoms with Gasteiger partial charge in [0.05, 0.1) is 11.8 Å². The fourth-order valence-corrected chi connectivity index (χ4v) is 2.51. The van der Waals surface area contributed by atoms with E-state index in [1.165, 1.54) is 5.56 Å². The van der Waals surface area contributed by atoms with E-state index in [0.717, 1.165) is 21.7 Å². The minimum absolute atomic E-state index is 0.770. The van der Waals surface area contributed by atoms with Crippen LogP contribution < -0.4 is 0 Å². The van der Waals surface area contributed by atoms with Gasteiger partial charge in [-0.2, -0.15) is 0 Å². The summed E-state index contributed by atoms with van der Waals surface area (Å²) in [4.78, 5) is 4.48. The lowest BCUT2D eigenvalue weighted by molar-refractivity contribution is 0.577. The fraction of sp³-hybridized carbons (Fsp3) is 0.0833. The summed E-state index contributed by atoms with van der Waals surface area (Å²) in [6.07, 6.45) is 3.64. The number of rotatable bonds is 1. The third kappa shape index (κ3) is 1.30. The molecular formula is C12H9BrN2O. The summed E-state index contributed by atoms with van der Waals surface area (Å²) in [7, 11) is 0. The molecule has 0 spiro atoms. The van der Waals surface area contributed by atoms with E-state index in [1.807, 2.05) is 28.8 Å². The Morgan fingerprint density at radius 2 is 2.19 bits per heavy atom. The maximum absolute atomic E-state index is 5.38. The number of furan rings is 1. The average molecular weight is 277 g/mol. The average Bonchev–Trinajstić information content (AvgIpc) is 2.86. The molecule has 3 heterocycles. The molecule has 0 atom stereocenters. The van der Waals surface area contributed by atoms with Crippen LogP contribution in [-0.2, 0) is 0 Å². The topological polar surface area (TPSA) is 30.4 Å². The third-order valence-corrected chi connectivity index (χ3v) is 3.12. The molecule has 0 aliphatic carbocycles. The van der Waals surface area contributed by atoms with Crippen molar-refractivity contribution in [2.75, 3.05) is 0 Å². The highest BCUT2D eigenvalue weighted by Gasteiger charge is 2.13. The predicted octanol–water partition coefficient (Wildman–Crippen LogP) is 3.67. The number of aromatic nitrogens is 2. The van der Waals surface area contributed by atoms with Gasteiger partial charge in [0.1, 0.15) is 4.60 Å². The number of halogens is 1. The number of aryl methyl sites for hydroxylation is 1. The molecule has 3 aromatic rings. The molecule has 0 saturated heterocycles. The maximum atomic E-state index is 5.38. The first kappa shape index (κ1) is 9.66. The Labute approximate surface area is 101 Å². The van der Waals surface area contributed by atoms with E-state index < -0.39 is 0 Å². The van der Waals surface area contributed by atoms with Crippen molar-refractivity contribution in [3.05, 3.63) is 46.9 Å². The van der Waals surface area contributed by atoms with Crippen molar-refractivity contribution in [3.8, 4) is 11.6 Å². The largest absolute Gasteiger partial charge is 0.461 e. The Bertz CT molecular complexity index is 640. The quantitative estimate of drug-likeness (QED) is 0.679. The third-order valence-electron chi connectivity index (χ3n) is 2.57. The highest BCUT2D eigenvalue weighted by molar-refractivity contribution is 9.10. The number of hydrogen-bond acceptors (Lipinski definition) is 2. The lowest BCUT2D eigenvalue weighted by Gasteiger charge is -1.99. The van der Waals surface area contributed by atoms with Crippen molar-refractivity contribution in [3.63, 3.8) is 0 Å². The second-order valence-corrected chi connectivity index (χ2v) is 4.36. The Morgan fingerprint density at radius 1 is 1.31 bits per heavy atom. The van der Waals surface area contributed by atoms with Gasteiger partial charge in [-0.15, -0.1) is 0 Å². The van der Waals surface area contributed by atoms with E-state index in [2.05, 4.69) is 33.9 Å². The number of nitrogens with zero attached hydrogens (tertiary/aromatic N) is 2. The minimum Gasteiger partial charge on any atom is -0.461 e. The van der Waals surface area contributed by atoms with E-state index in [0.29, 0.717) is 0 Å². The van der Waals surface area contributed by atoms with Crippen LogP contribution in [0.2, 0.25) is 0 Å². The summed E-state index contributed by atoms with van der Waals surface area (Å²) in [6.45, 7) is 2.06. The van der Waals surface area contributed by atoms with Gasteiger partial charge in [0.25, 0.3) is 0 Å². The Morgan fingerprint density at radius 3 is 2.94 bits per heavy atom. The van der Waals surface area contributed by atoms with E-state index in [1.54, 1.807) is 6.26 Å². The standard InChI is InChI=1S/C12H9BrN2O/c1-8-4-2-6-15-10(8)11(13)14-12(15)9-5-3-7-16-9/h2-7H,1H3. The number of fused-ring (bicyclic) bond motifs is 1. The number of hydrogen-bond donors (Lipinski definition) is 0. The van der Waals surface area contributed by atoms with Gasteiger partial charge in [0.2, 0.25) is 0 Å². The predicted molar refractivity (Wildman–Crippen MR) is 65.3 cm³/mol. The molecule has 0 unspecified atom stereocenters. The number of pyridine rings is 1. The Balaban J connectivity index is 2.40. The van der Waals surface area contributed by atoms with Crippen LogP contribution in [0.4, 0.5) is 0 Å². The van der Waals surface area contributed by atoms with Crippen LogP contribution in [0.25, 0.3) is 17.1 Å². The van der Waals surface area contributed by atoms with Crippen LogP contribution in [0.5, 0.6) is 0 Å². The van der Waals surface area contributed by atoms with E-state index in [9.17, 15) is 0 Å². The van der Waals surface area contributed by atoms with Crippen molar-refractivity contribution < 1.29 is 4.42 Å². The Hall–Kier alpha value is -1.55. The molecule has 0 N–H and O–H groups in total. The smallest absolute Gasteiger partial charge is 0.181 e. The lowest BCUT2D eigenvalue weighted by atomic mass is 10.2. The molecule has 3 aromatic heterocycles. The first-order valence-electron chi connectivity index (χ1n) is 4.94. The van der Waals surface area contributed by atoms with Crippen molar-refractivity contribution in [2.45, 2.75) is 6.92 Å². The lowest BCUT2D eigenvalue weighted by Crippen LogP contribution is -1.88. The maximum Gasteiger partial charge on any atom is 0.181 e. The fourth-order valence-electron chi connectivity index (χ4n) is 1.83.